The first-order chi connectivity index (χ1) is 11.8. The van der Waals surface area contributed by atoms with Gasteiger partial charge in [-0.25, -0.2) is 4.98 Å². The lowest BCUT2D eigenvalue weighted by atomic mass is 10.2. The summed E-state index contributed by atoms with van der Waals surface area (Å²) >= 11 is 2.62. The van der Waals surface area contributed by atoms with E-state index in [0.29, 0.717) is 15.4 Å². The summed E-state index contributed by atoms with van der Waals surface area (Å²) < 4.78 is 6.88. The summed E-state index contributed by atoms with van der Waals surface area (Å²) in [4.78, 5) is 30.2. The Morgan fingerprint density at radius 1 is 1.24 bits per heavy atom. The van der Waals surface area contributed by atoms with E-state index < -0.39 is 5.60 Å². The molecular formula is C18H18N2O3S2. The van der Waals surface area contributed by atoms with Gasteiger partial charge in [-0.05, 0) is 44.4 Å². The number of esters is 1. The molecule has 0 aliphatic heterocycles. The van der Waals surface area contributed by atoms with E-state index in [0.717, 1.165) is 5.69 Å². The molecule has 2 heterocycles. The Hall–Kier alpha value is -2.12. The lowest BCUT2D eigenvalue weighted by Gasteiger charge is -2.19. The van der Waals surface area contributed by atoms with E-state index in [2.05, 4.69) is 4.98 Å². The number of aromatic nitrogens is 2. The van der Waals surface area contributed by atoms with Crippen LogP contribution in [0.15, 0.2) is 51.7 Å². The van der Waals surface area contributed by atoms with Gasteiger partial charge >= 0.3 is 5.97 Å². The maximum atomic E-state index is 12.9. The van der Waals surface area contributed by atoms with Crippen molar-refractivity contribution in [3.8, 4) is 5.69 Å². The molecule has 0 spiro atoms. The van der Waals surface area contributed by atoms with E-state index in [1.165, 1.54) is 23.1 Å². The molecule has 0 atom stereocenters. The molecule has 0 unspecified atom stereocenters. The third-order valence-electron chi connectivity index (χ3n) is 3.22. The van der Waals surface area contributed by atoms with Crippen molar-refractivity contribution in [2.24, 2.45) is 0 Å². The Morgan fingerprint density at radius 3 is 2.64 bits per heavy atom. The number of benzene rings is 1. The monoisotopic (exact) mass is 374 g/mol. The second-order valence-electron chi connectivity index (χ2n) is 6.39. The summed E-state index contributed by atoms with van der Waals surface area (Å²) in [7, 11) is 0. The van der Waals surface area contributed by atoms with Crippen molar-refractivity contribution in [1.82, 2.24) is 9.55 Å². The fourth-order valence-corrected chi connectivity index (χ4v) is 3.88. The summed E-state index contributed by atoms with van der Waals surface area (Å²) in [5, 5.41) is 2.91. The molecule has 0 bridgehead atoms. The second-order valence-corrected chi connectivity index (χ2v) is 8.22. The smallest absolute Gasteiger partial charge is 0.316 e. The van der Waals surface area contributed by atoms with Crippen molar-refractivity contribution >= 4 is 39.3 Å². The summed E-state index contributed by atoms with van der Waals surface area (Å²) in [5.41, 5.74) is 0.0472. The zero-order chi connectivity index (χ0) is 18.0. The highest BCUT2D eigenvalue weighted by molar-refractivity contribution is 7.99. The van der Waals surface area contributed by atoms with Crippen LogP contribution in [-0.2, 0) is 9.53 Å². The van der Waals surface area contributed by atoms with E-state index >= 15 is 0 Å². The van der Waals surface area contributed by atoms with Crippen molar-refractivity contribution in [3.05, 3.63) is 52.1 Å². The van der Waals surface area contributed by atoms with Crippen LogP contribution in [-0.4, -0.2) is 26.9 Å². The van der Waals surface area contributed by atoms with Crippen molar-refractivity contribution in [2.75, 3.05) is 5.75 Å². The Labute approximate surface area is 153 Å². The molecule has 0 saturated heterocycles. The van der Waals surface area contributed by atoms with Gasteiger partial charge in [-0.3, -0.25) is 14.2 Å². The fraction of sp³-hybridized carbons (Fsp3) is 0.278. The molecule has 0 aliphatic carbocycles. The minimum absolute atomic E-state index is 0.0907. The summed E-state index contributed by atoms with van der Waals surface area (Å²) in [6.45, 7) is 5.47. The van der Waals surface area contributed by atoms with Gasteiger partial charge in [-0.2, -0.15) is 0 Å². The van der Waals surface area contributed by atoms with E-state index in [1.54, 1.807) is 10.6 Å². The lowest BCUT2D eigenvalue weighted by molar-refractivity contribution is -0.151. The molecular weight excluding hydrogens is 356 g/mol. The van der Waals surface area contributed by atoms with Crippen LogP contribution >= 0.6 is 23.1 Å². The molecule has 25 heavy (non-hydrogen) atoms. The predicted molar refractivity (Wildman–Crippen MR) is 102 cm³/mol. The molecule has 0 aliphatic rings. The number of rotatable bonds is 4. The van der Waals surface area contributed by atoms with E-state index in [-0.39, 0.29) is 17.3 Å². The lowest BCUT2D eigenvalue weighted by Crippen LogP contribution is -2.26. The van der Waals surface area contributed by atoms with E-state index in [1.807, 2.05) is 56.5 Å². The standard InChI is InChI=1S/C18H18N2O3S2/c1-18(2,3)23-14(21)11-25-17-19-15-13(9-10-24-15)16(22)20(17)12-7-5-4-6-8-12/h4-10H,11H2,1-3H3. The molecule has 0 N–H and O–H groups in total. The molecule has 130 valence electrons. The van der Waals surface area contributed by atoms with Crippen LogP contribution in [0.5, 0.6) is 0 Å². The number of carbonyl (C=O) groups is 1. The Kier molecular flexibility index (Phi) is 4.96. The van der Waals surface area contributed by atoms with Crippen LogP contribution in [0.2, 0.25) is 0 Å². The van der Waals surface area contributed by atoms with Gasteiger partial charge in [0.15, 0.2) is 5.16 Å². The maximum absolute atomic E-state index is 12.9. The number of hydrogen-bond acceptors (Lipinski definition) is 6. The molecule has 3 rings (SSSR count). The number of hydrogen-bond donors (Lipinski definition) is 0. The molecule has 7 heteroatoms. The fourth-order valence-electron chi connectivity index (χ4n) is 2.29. The number of fused-ring (bicyclic) bond motifs is 1. The molecule has 0 radical (unpaired) electrons. The molecule has 2 aromatic heterocycles. The quantitative estimate of drug-likeness (QED) is 0.394. The average molecular weight is 374 g/mol. The topological polar surface area (TPSA) is 61.2 Å². The first-order valence-corrected chi connectivity index (χ1v) is 9.62. The summed E-state index contributed by atoms with van der Waals surface area (Å²) in [6, 6.07) is 11.1. The molecule has 3 aromatic rings. The summed E-state index contributed by atoms with van der Waals surface area (Å²) in [6.07, 6.45) is 0. The van der Waals surface area contributed by atoms with Crippen LogP contribution in [0.25, 0.3) is 15.9 Å². The van der Waals surface area contributed by atoms with Crippen LogP contribution in [0.3, 0.4) is 0 Å². The number of thiophene rings is 1. The number of ether oxygens (including phenoxy) is 1. The second kappa shape index (κ2) is 7.01. The largest absolute Gasteiger partial charge is 0.459 e. The minimum Gasteiger partial charge on any atom is -0.459 e. The van der Waals surface area contributed by atoms with Gasteiger partial charge in [0.1, 0.15) is 10.4 Å². The number of para-hydroxylation sites is 1. The SMILES string of the molecule is CC(C)(C)OC(=O)CSc1nc2sccc2c(=O)n1-c1ccccc1. The Balaban J connectivity index is 1.99. The third-order valence-corrected chi connectivity index (χ3v) is 4.94. The first kappa shape index (κ1) is 17.7. The van der Waals surface area contributed by atoms with Crippen molar-refractivity contribution in [2.45, 2.75) is 31.5 Å². The number of carbonyl (C=O) groups excluding carboxylic acids is 1. The highest BCUT2D eigenvalue weighted by atomic mass is 32.2. The first-order valence-electron chi connectivity index (χ1n) is 7.75. The number of thioether (sulfide) groups is 1. The van der Waals surface area contributed by atoms with Gasteiger partial charge in [0, 0.05) is 0 Å². The van der Waals surface area contributed by atoms with Gasteiger partial charge < -0.3 is 4.74 Å². The number of nitrogens with zero attached hydrogens (tertiary/aromatic N) is 2. The van der Waals surface area contributed by atoms with E-state index in [9.17, 15) is 9.59 Å². The van der Waals surface area contributed by atoms with Gasteiger partial charge in [-0.1, -0.05) is 30.0 Å². The average Bonchev–Trinajstić information content (AvgIpc) is 3.01. The third kappa shape index (κ3) is 4.11. The van der Waals surface area contributed by atoms with Gasteiger partial charge in [0.2, 0.25) is 0 Å². The van der Waals surface area contributed by atoms with Crippen LogP contribution in [0.1, 0.15) is 20.8 Å². The van der Waals surface area contributed by atoms with Crippen LogP contribution in [0, 0.1) is 0 Å². The van der Waals surface area contributed by atoms with E-state index in [4.69, 9.17) is 4.74 Å². The zero-order valence-corrected chi connectivity index (χ0v) is 15.8. The molecule has 0 amide bonds. The molecule has 0 saturated carbocycles. The van der Waals surface area contributed by atoms with Gasteiger partial charge in [-0.15, -0.1) is 11.3 Å². The molecule has 5 nitrogen and oxygen atoms in total. The minimum atomic E-state index is -0.540. The van der Waals surface area contributed by atoms with Crippen LogP contribution < -0.4 is 5.56 Å². The summed E-state index contributed by atoms with van der Waals surface area (Å²) in [5.74, 6) is -0.245. The Bertz CT molecular complexity index is 956. The van der Waals surface area contributed by atoms with Crippen molar-refractivity contribution in [1.29, 1.82) is 0 Å². The highest BCUT2D eigenvalue weighted by Crippen LogP contribution is 2.24. The van der Waals surface area contributed by atoms with Gasteiger partial charge in [0.05, 0.1) is 16.8 Å². The highest BCUT2D eigenvalue weighted by Gasteiger charge is 2.19. The van der Waals surface area contributed by atoms with Gasteiger partial charge in [0.25, 0.3) is 5.56 Å². The normalized spacial score (nSPS) is 11.6. The molecule has 1 aromatic carbocycles. The molecule has 0 fully saturated rings. The zero-order valence-electron chi connectivity index (χ0n) is 14.2. The van der Waals surface area contributed by atoms with Crippen molar-refractivity contribution in [3.63, 3.8) is 0 Å². The van der Waals surface area contributed by atoms with Crippen molar-refractivity contribution < 1.29 is 9.53 Å². The maximum Gasteiger partial charge on any atom is 0.316 e. The van der Waals surface area contributed by atoms with Crippen LogP contribution in [0.4, 0.5) is 0 Å². The Morgan fingerprint density at radius 2 is 1.96 bits per heavy atom. The predicted octanol–water partition coefficient (Wildman–Crippen LogP) is 3.88.